The number of para-hydroxylation sites is 1. The molecule has 5 nitrogen and oxygen atoms in total. The number of nitro benzene ring substituents is 1. The predicted molar refractivity (Wildman–Crippen MR) is 77.8 cm³/mol. The minimum absolute atomic E-state index is 0.112. The van der Waals surface area contributed by atoms with Gasteiger partial charge >= 0.3 is 0 Å². The zero-order valence-corrected chi connectivity index (χ0v) is 12.6. The summed E-state index contributed by atoms with van der Waals surface area (Å²) in [7, 11) is 0. The summed E-state index contributed by atoms with van der Waals surface area (Å²) >= 11 is 3.45. The molecule has 0 radical (unpaired) electrons. The summed E-state index contributed by atoms with van der Waals surface area (Å²) < 4.78 is 0. The number of nitrogens with one attached hydrogen (secondary N) is 1. The van der Waals surface area contributed by atoms with Crippen LogP contribution in [0.5, 0.6) is 0 Å². The summed E-state index contributed by atoms with van der Waals surface area (Å²) in [5.41, 5.74) is 0.476. The second-order valence-corrected chi connectivity index (χ2v) is 5.62. The number of nitro groups is 1. The number of hydrogen-bond acceptors (Lipinski definition) is 3. The largest absolute Gasteiger partial charge is 0.351 e. The Balaban J connectivity index is 2.83. The van der Waals surface area contributed by atoms with Gasteiger partial charge in [-0.15, -0.1) is 0 Å². The summed E-state index contributed by atoms with van der Waals surface area (Å²) in [5, 5.41) is 13.7. The minimum atomic E-state index is -0.512. The number of amides is 1. The summed E-state index contributed by atoms with van der Waals surface area (Å²) in [6.45, 7) is 4.14. The van der Waals surface area contributed by atoms with Crippen LogP contribution < -0.4 is 5.32 Å². The number of alkyl halides is 1. The standard InChI is InChI=1S/C13H17BrN2O3/c1-3-5-10(14)8-15-13(17)11-7-4-6-9(2)12(11)16(18)19/h4,6-7,10H,3,5,8H2,1-2H3,(H,15,17). The molecule has 1 amide bonds. The molecule has 0 aliphatic rings. The van der Waals surface area contributed by atoms with Crippen LogP contribution >= 0.6 is 15.9 Å². The monoisotopic (exact) mass is 328 g/mol. The molecule has 104 valence electrons. The molecule has 0 saturated heterocycles. The summed E-state index contributed by atoms with van der Waals surface area (Å²) in [6, 6.07) is 4.75. The third kappa shape index (κ3) is 4.31. The van der Waals surface area contributed by atoms with Crippen molar-refractivity contribution in [3.8, 4) is 0 Å². The fourth-order valence-corrected chi connectivity index (χ4v) is 2.42. The Morgan fingerprint density at radius 3 is 2.79 bits per heavy atom. The van der Waals surface area contributed by atoms with Crippen LogP contribution in [0.2, 0.25) is 0 Å². The lowest BCUT2D eigenvalue weighted by molar-refractivity contribution is -0.385. The molecule has 0 aliphatic heterocycles. The Morgan fingerprint density at radius 2 is 2.21 bits per heavy atom. The number of hydrogen-bond donors (Lipinski definition) is 1. The number of carbonyl (C=O) groups excluding carboxylic acids is 1. The summed E-state index contributed by atoms with van der Waals surface area (Å²) in [6.07, 6.45) is 1.95. The SMILES string of the molecule is CCCC(Br)CNC(=O)c1cccc(C)c1[N+](=O)[O-]. The molecule has 1 atom stereocenters. The van der Waals surface area contributed by atoms with Crippen molar-refractivity contribution in [3.63, 3.8) is 0 Å². The molecule has 0 heterocycles. The topological polar surface area (TPSA) is 72.2 Å². The summed E-state index contributed by atoms with van der Waals surface area (Å²) in [5.74, 6) is -0.407. The molecule has 1 aromatic rings. The number of rotatable bonds is 6. The molecule has 0 aromatic heterocycles. The van der Waals surface area contributed by atoms with E-state index in [2.05, 4.69) is 28.2 Å². The molecule has 1 unspecified atom stereocenters. The number of halogens is 1. The first-order chi connectivity index (χ1) is 8.97. The fourth-order valence-electron chi connectivity index (χ4n) is 1.80. The zero-order valence-electron chi connectivity index (χ0n) is 11.0. The van der Waals surface area contributed by atoms with Gasteiger partial charge in [-0.2, -0.15) is 0 Å². The quantitative estimate of drug-likeness (QED) is 0.495. The molecular formula is C13H17BrN2O3. The molecule has 19 heavy (non-hydrogen) atoms. The second kappa shape index (κ2) is 7.23. The number of carbonyl (C=O) groups is 1. The zero-order chi connectivity index (χ0) is 14.4. The summed E-state index contributed by atoms with van der Waals surface area (Å²) in [4.78, 5) is 22.7. The molecule has 0 aliphatic carbocycles. The highest BCUT2D eigenvalue weighted by Gasteiger charge is 2.22. The van der Waals surface area contributed by atoms with Gasteiger partial charge in [0.15, 0.2) is 0 Å². The van der Waals surface area contributed by atoms with Crippen LogP contribution in [0.15, 0.2) is 18.2 Å². The van der Waals surface area contributed by atoms with E-state index < -0.39 is 10.8 Å². The van der Waals surface area contributed by atoms with Gasteiger partial charge in [-0.25, -0.2) is 0 Å². The van der Waals surface area contributed by atoms with E-state index in [-0.39, 0.29) is 16.1 Å². The van der Waals surface area contributed by atoms with E-state index in [1.165, 1.54) is 6.07 Å². The smallest absolute Gasteiger partial charge is 0.285 e. The minimum Gasteiger partial charge on any atom is -0.351 e. The maximum Gasteiger partial charge on any atom is 0.285 e. The van der Waals surface area contributed by atoms with Gasteiger partial charge in [0.2, 0.25) is 0 Å². The average Bonchev–Trinajstić information content (AvgIpc) is 2.35. The van der Waals surface area contributed by atoms with Crippen LogP contribution in [0, 0.1) is 17.0 Å². The Hall–Kier alpha value is -1.43. The van der Waals surface area contributed by atoms with Crippen molar-refractivity contribution in [2.75, 3.05) is 6.54 Å². The van der Waals surface area contributed by atoms with Crippen molar-refractivity contribution in [2.45, 2.75) is 31.5 Å². The van der Waals surface area contributed by atoms with Crippen LogP contribution in [0.25, 0.3) is 0 Å². The maximum absolute atomic E-state index is 12.0. The molecule has 0 spiro atoms. The van der Waals surface area contributed by atoms with Gasteiger partial charge < -0.3 is 5.32 Å². The Kier molecular flexibility index (Phi) is 5.95. The number of nitrogens with zero attached hydrogens (tertiary/aromatic N) is 1. The van der Waals surface area contributed by atoms with Gasteiger partial charge in [-0.05, 0) is 19.4 Å². The second-order valence-electron chi connectivity index (χ2n) is 4.32. The van der Waals surface area contributed by atoms with E-state index in [1.54, 1.807) is 19.1 Å². The normalized spacial score (nSPS) is 11.9. The Bertz CT molecular complexity index is 477. The molecule has 1 rings (SSSR count). The third-order valence-corrected chi connectivity index (χ3v) is 3.53. The van der Waals surface area contributed by atoms with Gasteiger partial charge in [-0.1, -0.05) is 41.4 Å². The van der Waals surface area contributed by atoms with Crippen LogP contribution in [-0.2, 0) is 0 Å². The number of benzene rings is 1. The first kappa shape index (κ1) is 15.6. The first-order valence-corrected chi connectivity index (χ1v) is 7.05. The van der Waals surface area contributed by atoms with E-state index >= 15 is 0 Å². The van der Waals surface area contributed by atoms with Gasteiger partial charge in [-0.3, -0.25) is 14.9 Å². The van der Waals surface area contributed by atoms with Crippen LogP contribution in [-0.4, -0.2) is 22.2 Å². The van der Waals surface area contributed by atoms with E-state index in [0.29, 0.717) is 12.1 Å². The van der Waals surface area contributed by atoms with Crippen molar-refractivity contribution >= 4 is 27.5 Å². The van der Waals surface area contributed by atoms with Crippen molar-refractivity contribution in [1.82, 2.24) is 5.32 Å². The van der Waals surface area contributed by atoms with Crippen molar-refractivity contribution < 1.29 is 9.72 Å². The van der Waals surface area contributed by atoms with E-state index in [4.69, 9.17) is 0 Å². The van der Waals surface area contributed by atoms with Crippen LogP contribution in [0.4, 0.5) is 5.69 Å². The average molecular weight is 329 g/mol. The van der Waals surface area contributed by atoms with E-state index in [9.17, 15) is 14.9 Å². The highest BCUT2D eigenvalue weighted by molar-refractivity contribution is 9.09. The van der Waals surface area contributed by atoms with Crippen molar-refractivity contribution in [2.24, 2.45) is 0 Å². The third-order valence-electron chi connectivity index (χ3n) is 2.75. The predicted octanol–water partition coefficient (Wildman–Crippen LogP) is 3.20. The van der Waals surface area contributed by atoms with Gasteiger partial charge in [0.1, 0.15) is 5.56 Å². The Morgan fingerprint density at radius 1 is 1.53 bits per heavy atom. The maximum atomic E-state index is 12.0. The lowest BCUT2D eigenvalue weighted by atomic mass is 10.1. The van der Waals surface area contributed by atoms with Gasteiger partial charge in [0, 0.05) is 16.9 Å². The first-order valence-electron chi connectivity index (χ1n) is 6.13. The lowest BCUT2D eigenvalue weighted by Gasteiger charge is -2.10. The van der Waals surface area contributed by atoms with Crippen LogP contribution in [0.1, 0.15) is 35.7 Å². The lowest BCUT2D eigenvalue weighted by Crippen LogP contribution is -2.30. The highest BCUT2D eigenvalue weighted by Crippen LogP contribution is 2.22. The molecule has 0 bridgehead atoms. The van der Waals surface area contributed by atoms with Crippen LogP contribution in [0.3, 0.4) is 0 Å². The van der Waals surface area contributed by atoms with E-state index in [0.717, 1.165) is 12.8 Å². The van der Waals surface area contributed by atoms with Gasteiger partial charge in [0.05, 0.1) is 4.92 Å². The van der Waals surface area contributed by atoms with Gasteiger partial charge in [0.25, 0.3) is 11.6 Å². The van der Waals surface area contributed by atoms with E-state index in [1.807, 2.05) is 0 Å². The molecule has 6 heteroatoms. The number of aryl methyl sites for hydroxylation is 1. The fraction of sp³-hybridized carbons (Fsp3) is 0.462. The van der Waals surface area contributed by atoms with Crippen molar-refractivity contribution in [1.29, 1.82) is 0 Å². The molecule has 0 saturated carbocycles. The Labute approximate surface area is 120 Å². The molecule has 1 aromatic carbocycles. The molecule has 1 N–H and O–H groups in total. The highest BCUT2D eigenvalue weighted by atomic mass is 79.9. The molecular weight excluding hydrogens is 312 g/mol. The van der Waals surface area contributed by atoms with Crippen molar-refractivity contribution in [3.05, 3.63) is 39.4 Å². The molecule has 0 fully saturated rings.